The van der Waals surface area contributed by atoms with Crippen molar-refractivity contribution in [3.8, 4) is 0 Å². The first kappa shape index (κ1) is 43.4. The molecule has 0 aromatic heterocycles. The molecule has 0 bridgehead atoms. The fraction of sp³-hybridized carbons (Fsp3) is 0.850. The van der Waals surface area contributed by atoms with E-state index in [4.69, 9.17) is 5.73 Å². The van der Waals surface area contributed by atoms with Crippen LogP contribution in [-0.2, 0) is 9.59 Å². The number of nitrogens with two attached hydrogens (primary N) is 1. The minimum Gasteiger partial charge on any atom is -0.354 e. The molecule has 0 aromatic carbocycles. The summed E-state index contributed by atoms with van der Waals surface area (Å²) in [6.07, 6.45) is 43.3. The molecule has 0 aromatic rings. The number of rotatable bonds is 35. The molecule has 0 fully saturated rings. The van der Waals surface area contributed by atoms with Crippen molar-refractivity contribution in [2.75, 3.05) is 26.2 Å². The molecular weight excluding hydrogens is 554 g/mol. The van der Waals surface area contributed by atoms with Gasteiger partial charge in [-0.2, -0.15) is 0 Å². The Morgan fingerprint density at radius 1 is 0.511 bits per heavy atom. The van der Waals surface area contributed by atoms with Crippen molar-refractivity contribution in [3.63, 3.8) is 0 Å². The van der Waals surface area contributed by atoms with Crippen molar-refractivity contribution in [2.24, 2.45) is 5.73 Å². The molecule has 3 N–H and O–H groups in total. The van der Waals surface area contributed by atoms with Gasteiger partial charge in [-0.05, 0) is 64.2 Å². The van der Waals surface area contributed by atoms with Crippen LogP contribution in [0.1, 0.15) is 194 Å². The van der Waals surface area contributed by atoms with Crippen LogP contribution in [0.15, 0.2) is 24.3 Å². The van der Waals surface area contributed by atoms with E-state index in [9.17, 15) is 9.59 Å². The number of carbonyl (C=O) groups is 2. The molecule has 45 heavy (non-hydrogen) atoms. The lowest BCUT2D eigenvalue weighted by atomic mass is 10.1. The molecular formula is C40H77N3O2. The number of hydrogen-bond acceptors (Lipinski definition) is 3. The van der Waals surface area contributed by atoms with Crippen molar-refractivity contribution in [2.45, 2.75) is 194 Å². The number of nitrogens with zero attached hydrogens (tertiary/aromatic N) is 1. The molecule has 0 aliphatic carbocycles. The number of allylic oxidation sites excluding steroid dienone is 4. The molecule has 0 rings (SSSR count). The van der Waals surface area contributed by atoms with E-state index < -0.39 is 0 Å². The lowest BCUT2D eigenvalue weighted by molar-refractivity contribution is -0.131. The molecule has 2 amide bonds. The van der Waals surface area contributed by atoms with Crippen LogP contribution in [0.25, 0.3) is 0 Å². The number of amides is 2. The fourth-order valence-electron chi connectivity index (χ4n) is 5.80. The number of carbonyl (C=O) groups excluding carboxylic acids is 2. The van der Waals surface area contributed by atoms with E-state index in [0.29, 0.717) is 39.0 Å². The second kappa shape index (κ2) is 36.8. The third kappa shape index (κ3) is 33.6. The summed E-state index contributed by atoms with van der Waals surface area (Å²) in [6.45, 7) is 6.63. The van der Waals surface area contributed by atoms with E-state index in [0.717, 1.165) is 25.7 Å². The maximum atomic E-state index is 12.7. The van der Waals surface area contributed by atoms with Crippen LogP contribution in [0.3, 0.4) is 0 Å². The summed E-state index contributed by atoms with van der Waals surface area (Å²) in [4.78, 5) is 26.8. The van der Waals surface area contributed by atoms with E-state index in [1.165, 1.54) is 141 Å². The van der Waals surface area contributed by atoms with Gasteiger partial charge in [-0.25, -0.2) is 0 Å². The van der Waals surface area contributed by atoms with Crippen LogP contribution >= 0.6 is 0 Å². The lowest BCUT2D eigenvalue weighted by Crippen LogP contribution is -2.41. The van der Waals surface area contributed by atoms with Crippen molar-refractivity contribution in [1.82, 2.24) is 10.2 Å². The van der Waals surface area contributed by atoms with E-state index in [1.807, 2.05) is 4.90 Å². The SMILES string of the molecule is CCCCCCCC/C=C\CCCCCCCC(=O)NCCN(CCN)C(=O)CCCCCCC/C=C\CCCCCCCC. The Morgan fingerprint density at radius 3 is 1.31 bits per heavy atom. The first-order valence-corrected chi connectivity index (χ1v) is 19.7. The van der Waals surface area contributed by atoms with Crippen LogP contribution in [0, 0.1) is 0 Å². The first-order chi connectivity index (χ1) is 22.2. The second-order valence-corrected chi connectivity index (χ2v) is 13.2. The molecule has 0 atom stereocenters. The predicted molar refractivity (Wildman–Crippen MR) is 198 cm³/mol. The van der Waals surface area contributed by atoms with Crippen LogP contribution in [0.4, 0.5) is 0 Å². The van der Waals surface area contributed by atoms with Crippen LogP contribution in [-0.4, -0.2) is 42.9 Å². The molecule has 0 aliphatic rings. The summed E-state index contributed by atoms with van der Waals surface area (Å²) in [6, 6.07) is 0. The average Bonchev–Trinajstić information content (AvgIpc) is 3.04. The normalized spacial score (nSPS) is 11.6. The molecule has 0 heterocycles. The molecule has 0 saturated carbocycles. The Kier molecular flexibility index (Phi) is 35.5. The Hall–Kier alpha value is -1.62. The summed E-state index contributed by atoms with van der Waals surface area (Å²) < 4.78 is 0. The van der Waals surface area contributed by atoms with Crippen molar-refractivity contribution in [3.05, 3.63) is 24.3 Å². The largest absolute Gasteiger partial charge is 0.354 e. The molecule has 0 aliphatic heterocycles. The van der Waals surface area contributed by atoms with E-state index in [1.54, 1.807) is 0 Å². The molecule has 0 saturated heterocycles. The zero-order valence-electron chi connectivity index (χ0n) is 30.3. The number of unbranched alkanes of at least 4 members (excludes halogenated alkanes) is 22. The van der Waals surface area contributed by atoms with E-state index in [2.05, 4.69) is 43.5 Å². The van der Waals surface area contributed by atoms with Gasteiger partial charge in [0, 0.05) is 39.0 Å². The summed E-state index contributed by atoms with van der Waals surface area (Å²) in [7, 11) is 0. The molecule has 0 radical (unpaired) electrons. The van der Waals surface area contributed by atoms with Gasteiger partial charge in [-0.3, -0.25) is 9.59 Å². The zero-order valence-corrected chi connectivity index (χ0v) is 30.3. The Balaban J connectivity index is 3.68. The Bertz CT molecular complexity index is 691. The van der Waals surface area contributed by atoms with Gasteiger partial charge < -0.3 is 16.0 Å². The van der Waals surface area contributed by atoms with Gasteiger partial charge in [0.25, 0.3) is 0 Å². The van der Waals surface area contributed by atoms with Gasteiger partial charge in [0.15, 0.2) is 0 Å². The minimum absolute atomic E-state index is 0.102. The maximum absolute atomic E-state index is 12.7. The number of hydrogen-bond donors (Lipinski definition) is 2. The summed E-state index contributed by atoms with van der Waals surface area (Å²) in [5, 5.41) is 3.01. The second-order valence-electron chi connectivity index (χ2n) is 13.2. The highest BCUT2D eigenvalue weighted by Crippen LogP contribution is 2.12. The summed E-state index contributed by atoms with van der Waals surface area (Å²) in [5.74, 6) is 0.273. The smallest absolute Gasteiger partial charge is 0.222 e. The third-order valence-corrected chi connectivity index (χ3v) is 8.77. The van der Waals surface area contributed by atoms with E-state index >= 15 is 0 Å². The first-order valence-electron chi connectivity index (χ1n) is 19.7. The van der Waals surface area contributed by atoms with Gasteiger partial charge in [0.2, 0.25) is 11.8 Å². The minimum atomic E-state index is 0.102. The molecule has 0 unspecified atom stereocenters. The lowest BCUT2D eigenvalue weighted by Gasteiger charge is -2.22. The average molecular weight is 632 g/mol. The molecule has 5 nitrogen and oxygen atoms in total. The van der Waals surface area contributed by atoms with Gasteiger partial charge >= 0.3 is 0 Å². The van der Waals surface area contributed by atoms with Crippen LogP contribution < -0.4 is 11.1 Å². The summed E-state index contributed by atoms with van der Waals surface area (Å²) in [5.41, 5.74) is 5.76. The molecule has 5 heteroatoms. The van der Waals surface area contributed by atoms with E-state index in [-0.39, 0.29) is 11.8 Å². The van der Waals surface area contributed by atoms with Crippen molar-refractivity contribution < 1.29 is 9.59 Å². The zero-order chi connectivity index (χ0) is 32.9. The summed E-state index contributed by atoms with van der Waals surface area (Å²) >= 11 is 0. The highest BCUT2D eigenvalue weighted by molar-refractivity contribution is 5.77. The maximum Gasteiger partial charge on any atom is 0.222 e. The predicted octanol–water partition coefficient (Wildman–Crippen LogP) is 11.0. The third-order valence-electron chi connectivity index (χ3n) is 8.77. The van der Waals surface area contributed by atoms with Gasteiger partial charge in [0.1, 0.15) is 0 Å². The number of nitrogens with one attached hydrogen (secondary N) is 1. The Morgan fingerprint density at radius 2 is 0.889 bits per heavy atom. The molecule has 0 spiro atoms. The van der Waals surface area contributed by atoms with Crippen LogP contribution in [0.2, 0.25) is 0 Å². The van der Waals surface area contributed by atoms with Crippen molar-refractivity contribution >= 4 is 11.8 Å². The molecule has 264 valence electrons. The van der Waals surface area contributed by atoms with Crippen LogP contribution in [0.5, 0.6) is 0 Å². The standard InChI is InChI=1S/C40H77N3O2/c1-3-5-7-9-11-13-15-17-19-21-23-25-27-29-31-33-39(44)42-36-38-43(37-35-41)40(45)34-32-30-28-26-24-22-20-18-16-14-12-10-8-6-4-2/h17-20H,3-16,21-38,41H2,1-2H3,(H,42,44)/b19-17-,20-18-. The fourth-order valence-corrected chi connectivity index (χ4v) is 5.80. The monoisotopic (exact) mass is 632 g/mol. The topological polar surface area (TPSA) is 75.4 Å². The quantitative estimate of drug-likeness (QED) is 0.0540. The Labute approximate surface area is 281 Å². The highest BCUT2D eigenvalue weighted by Gasteiger charge is 2.12. The highest BCUT2D eigenvalue weighted by atomic mass is 16.2. The van der Waals surface area contributed by atoms with Gasteiger partial charge in [0.05, 0.1) is 0 Å². The van der Waals surface area contributed by atoms with Gasteiger partial charge in [-0.1, -0.05) is 141 Å². The van der Waals surface area contributed by atoms with Gasteiger partial charge in [-0.15, -0.1) is 0 Å². The van der Waals surface area contributed by atoms with Crippen molar-refractivity contribution in [1.29, 1.82) is 0 Å².